The molecule has 0 atom stereocenters. The summed E-state index contributed by atoms with van der Waals surface area (Å²) in [5, 5.41) is 17.3. The Morgan fingerprint density at radius 3 is 0.875 bits per heavy atom. The van der Waals surface area contributed by atoms with Crippen LogP contribution in [0.25, 0.3) is 0 Å². The van der Waals surface area contributed by atoms with Crippen LogP contribution in [0, 0.1) is 0 Å². The van der Waals surface area contributed by atoms with Crippen molar-refractivity contribution in [3.8, 4) is 11.5 Å². The van der Waals surface area contributed by atoms with Crippen molar-refractivity contribution >= 4 is 23.6 Å². The monoisotopic (exact) mass is 346 g/mol. The highest BCUT2D eigenvalue weighted by Gasteiger charge is 2.07. The highest BCUT2D eigenvalue weighted by Crippen LogP contribution is 2.13. The number of amides is 4. The fourth-order valence-electron chi connectivity index (χ4n) is 0.715. The lowest BCUT2D eigenvalue weighted by Crippen LogP contribution is -2.45. The number of hydrazine groups is 4. The molecule has 0 fully saturated rings. The van der Waals surface area contributed by atoms with Crippen molar-refractivity contribution in [3.63, 3.8) is 0 Å². The molecule has 1 aromatic rings. The van der Waals surface area contributed by atoms with Crippen LogP contribution >= 0.6 is 0 Å². The summed E-state index contributed by atoms with van der Waals surface area (Å²) in [6.07, 6.45) is 0. The average molecular weight is 346 g/mol. The number of nitrogens with two attached hydrogens (primary N) is 4. The first-order valence-electron chi connectivity index (χ1n) is 5.74. The summed E-state index contributed by atoms with van der Waals surface area (Å²) in [7, 11) is 0. The van der Waals surface area contributed by atoms with Crippen LogP contribution in [0.5, 0.6) is 11.5 Å². The Labute approximate surface area is 135 Å². The van der Waals surface area contributed by atoms with Crippen molar-refractivity contribution in [1.29, 1.82) is 0 Å². The van der Waals surface area contributed by atoms with Gasteiger partial charge in [-0.2, -0.15) is 0 Å². The van der Waals surface area contributed by atoms with Gasteiger partial charge < -0.3 is 10.2 Å². The summed E-state index contributed by atoms with van der Waals surface area (Å²) in [5.41, 5.74) is 6.34. The molecular formula is C10H18N8O6. The SMILES string of the molecule is NNC(=O)C(=O)NN.NNC(=O)C(=O)NN.Oc1ccc(O)cc1. The lowest BCUT2D eigenvalue weighted by Gasteiger charge is -1.93. The second kappa shape index (κ2) is 13.2. The molecule has 4 amide bonds. The van der Waals surface area contributed by atoms with E-state index in [4.69, 9.17) is 10.2 Å². The first-order chi connectivity index (χ1) is 11.2. The Kier molecular flexibility index (Phi) is 12.6. The largest absolute Gasteiger partial charge is 0.508 e. The molecule has 14 nitrogen and oxygen atoms in total. The van der Waals surface area contributed by atoms with Gasteiger partial charge in [-0.15, -0.1) is 0 Å². The van der Waals surface area contributed by atoms with Gasteiger partial charge in [0, 0.05) is 0 Å². The van der Waals surface area contributed by atoms with Crippen molar-refractivity contribution in [2.75, 3.05) is 0 Å². The second-order valence-corrected chi connectivity index (χ2v) is 3.41. The molecule has 0 spiro atoms. The van der Waals surface area contributed by atoms with Gasteiger partial charge in [-0.3, -0.25) is 40.9 Å². The number of carbonyl (C=O) groups excluding carboxylic acids is 4. The standard InChI is InChI=1S/C6H6O2.2C2H6N4O2/c7-5-1-2-6(8)4-3-5;2*3-5-1(7)2(8)6-4/h1-4,7-8H;2*3-4H2,(H,5,7)(H,6,8). The highest BCUT2D eigenvalue weighted by molar-refractivity contribution is 6.35. The Morgan fingerprint density at radius 2 is 0.750 bits per heavy atom. The van der Waals surface area contributed by atoms with Crippen molar-refractivity contribution in [3.05, 3.63) is 24.3 Å². The van der Waals surface area contributed by atoms with E-state index in [2.05, 4.69) is 23.4 Å². The smallest absolute Gasteiger partial charge is 0.324 e. The van der Waals surface area contributed by atoms with Crippen LogP contribution in [-0.4, -0.2) is 33.8 Å². The molecular weight excluding hydrogens is 328 g/mol. The maximum atomic E-state index is 10.0. The van der Waals surface area contributed by atoms with Crippen LogP contribution in [0.15, 0.2) is 24.3 Å². The first-order valence-corrected chi connectivity index (χ1v) is 5.74. The van der Waals surface area contributed by atoms with Gasteiger partial charge in [-0.1, -0.05) is 0 Å². The summed E-state index contributed by atoms with van der Waals surface area (Å²) >= 11 is 0. The van der Waals surface area contributed by atoms with Gasteiger partial charge in [0.05, 0.1) is 0 Å². The predicted octanol–water partition coefficient (Wildman–Crippen LogP) is -4.97. The number of benzene rings is 1. The Hall–Kier alpha value is -3.46. The fourth-order valence-corrected chi connectivity index (χ4v) is 0.715. The summed E-state index contributed by atoms with van der Waals surface area (Å²) in [6.45, 7) is 0. The van der Waals surface area contributed by atoms with Crippen molar-refractivity contribution in [2.24, 2.45) is 23.4 Å². The zero-order valence-electron chi connectivity index (χ0n) is 12.1. The summed E-state index contributed by atoms with van der Waals surface area (Å²) in [4.78, 5) is 40.1. The number of rotatable bonds is 0. The van der Waals surface area contributed by atoms with E-state index in [1.807, 2.05) is 0 Å². The summed E-state index contributed by atoms with van der Waals surface area (Å²) in [6, 6.07) is 5.70. The quantitative estimate of drug-likeness (QED) is 0.0702. The number of hydrogen-bond acceptors (Lipinski definition) is 10. The second-order valence-electron chi connectivity index (χ2n) is 3.41. The highest BCUT2D eigenvalue weighted by atomic mass is 16.3. The zero-order valence-corrected chi connectivity index (χ0v) is 12.1. The maximum absolute atomic E-state index is 10.0. The molecule has 0 aromatic heterocycles. The minimum absolute atomic E-state index is 0.169. The summed E-state index contributed by atoms with van der Waals surface area (Å²) < 4.78 is 0. The Balaban J connectivity index is 0. The molecule has 0 heterocycles. The van der Waals surface area contributed by atoms with E-state index in [1.54, 1.807) is 21.7 Å². The van der Waals surface area contributed by atoms with E-state index in [9.17, 15) is 19.2 Å². The van der Waals surface area contributed by atoms with E-state index >= 15 is 0 Å². The van der Waals surface area contributed by atoms with E-state index in [0.29, 0.717) is 0 Å². The molecule has 0 radical (unpaired) electrons. The Morgan fingerprint density at radius 1 is 0.583 bits per heavy atom. The predicted molar refractivity (Wildman–Crippen MR) is 79.1 cm³/mol. The van der Waals surface area contributed by atoms with Crippen LogP contribution in [0.3, 0.4) is 0 Å². The van der Waals surface area contributed by atoms with Crippen LogP contribution in [-0.2, 0) is 19.2 Å². The molecule has 24 heavy (non-hydrogen) atoms. The average Bonchev–Trinajstić information content (AvgIpc) is 2.62. The minimum atomic E-state index is -0.965. The number of aromatic hydroxyl groups is 2. The number of nitrogens with one attached hydrogen (secondary N) is 4. The van der Waals surface area contributed by atoms with Gasteiger partial charge in [-0.25, -0.2) is 23.4 Å². The number of phenolic OH excluding ortho intramolecular Hbond substituents is 2. The third-order valence-electron chi connectivity index (χ3n) is 1.79. The van der Waals surface area contributed by atoms with E-state index < -0.39 is 23.6 Å². The molecule has 1 aromatic carbocycles. The molecule has 14 N–H and O–H groups in total. The third kappa shape index (κ3) is 11.2. The van der Waals surface area contributed by atoms with Gasteiger partial charge in [0.1, 0.15) is 11.5 Å². The van der Waals surface area contributed by atoms with E-state index in [1.165, 1.54) is 24.3 Å². The van der Waals surface area contributed by atoms with Gasteiger partial charge in [0.25, 0.3) is 0 Å². The van der Waals surface area contributed by atoms with Gasteiger partial charge >= 0.3 is 23.6 Å². The maximum Gasteiger partial charge on any atom is 0.324 e. The molecule has 134 valence electrons. The fraction of sp³-hybridized carbons (Fsp3) is 0. The molecule has 0 unspecified atom stereocenters. The van der Waals surface area contributed by atoms with Crippen LogP contribution in [0.2, 0.25) is 0 Å². The summed E-state index contributed by atoms with van der Waals surface area (Å²) in [5.74, 6) is 14.6. The zero-order chi connectivity index (χ0) is 19.1. The molecule has 1 rings (SSSR count). The number of hydrogen-bond donors (Lipinski definition) is 10. The molecule has 0 aliphatic rings. The number of phenols is 2. The van der Waals surface area contributed by atoms with E-state index in [0.717, 1.165) is 0 Å². The van der Waals surface area contributed by atoms with Crippen LogP contribution in [0.4, 0.5) is 0 Å². The molecule has 0 aliphatic carbocycles. The van der Waals surface area contributed by atoms with Gasteiger partial charge in [-0.05, 0) is 24.3 Å². The van der Waals surface area contributed by atoms with Crippen LogP contribution in [0.1, 0.15) is 0 Å². The normalized spacial score (nSPS) is 8.17. The van der Waals surface area contributed by atoms with E-state index in [-0.39, 0.29) is 11.5 Å². The van der Waals surface area contributed by atoms with Crippen molar-refractivity contribution in [1.82, 2.24) is 21.7 Å². The third-order valence-corrected chi connectivity index (χ3v) is 1.79. The Bertz CT molecular complexity index is 472. The minimum Gasteiger partial charge on any atom is -0.508 e. The molecule has 0 aliphatic heterocycles. The first kappa shape index (κ1) is 22.8. The molecule has 0 saturated heterocycles. The molecule has 0 saturated carbocycles. The van der Waals surface area contributed by atoms with Crippen molar-refractivity contribution < 1.29 is 29.4 Å². The van der Waals surface area contributed by atoms with Crippen molar-refractivity contribution in [2.45, 2.75) is 0 Å². The topological polar surface area (TPSA) is 261 Å². The van der Waals surface area contributed by atoms with Gasteiger partial charge in [0.15, 0.2) is 0 Å². The lowest BCUT2D eigenvalue weighted by atomic mass is 10.3. The number of carbonyl (C=O) groups is 4. The molecule has 0 bridgehead atoms. The lowest BCUT2D eigenvalue weighted by molar-refractivity contribution is -0.139. The van der Waals surface area contributed by atoms with Gasteiger partial charge in [0.2, 0.25) is 0 Å². The molecule has 14 heteroatoms. The van der Waals surface area contributed by atoms with Crippen LogP contribution < -0.4 is 45.1 Å².